The number of rotatable bonds is 1. The van der Waals surface area contributed by atoms with Crippen molar-refractivity contribution in [2.24, 2.45) is 0 Å². The first kappa shape index (κ1) is 11.4. The molecule has 0 aromatic heterocycles. The standard InChI is InChI=1S/C8H15NO5/c1-3-6(11)7(12)5(8(13)14-3)9-4(2)10/h3,5-8,11-13H,1-2H3,(H,9,10)/t3-,5-,6+,7-,8-/m0/s1. The molecule has 0 saturated carbocycles. The van der Waals surface area contributed by atoms with Crippen molar-refractivity contribution in [1.82, 2.24) is 5.32 Å². The van der Waals surface area contributed by atoms with Crippen LogP contribution in [-0.4, -0.2) is 51.9 Å². The third-order valence-electron chi connectivity index (χ3n) is 2.23. The Morgan fingerprint density at radius 3 is 2.36 bits per heavy atom. The van der Waals surface area contributed by atoms with Crippen LogP contribution < -0.4 is 5.32 Å². The van der Waals surface area contributed by atoms with Crippen LogP contribution in [0.1, 0.15) is 13.8 Å². The largest absolute Gasteiger partial charge is 0.388 e. The van der Waals surface area contributed by atoms with E-state index in [4.69, 9.17) is 4.74 Å². The van der Waals surface area contributed by atoms with Crippen LogP contribution in [0, 0.1) is 0 Å². The van der Waals surface area contributed by atoms with Gasteiger partial charge in [0.05, 0.1) is 6.10 Å². The van der Waals surface area contributed by atoms with Gasteiger partial charge in [0, 0.05) is 6.92 Å². The molecule has 0 radical (unpaired) electrons. The van der Waals surface area contributed by atoms with E-state index in [1.54, 1.807) is 0 Å². The average Bonchev–Trinajstić information content (AvgIpc) is 2.09. The third-order valence-corrected chi connectivity index (χ3v) is 2.23. The number of ether oxygens (including phenoxy) is 1. The lowest BCUT2D eigenvalue weighted by molar-refractivity contribution is -0.242. The van der Waals surface area contributed by atoms with Gasteiger partial charge >= 0.3 is 0 Å². The zero-order valence-electron chi connectivity index (χ0n) is 8.04. The molecule has 14 heavy (non-hydrogen) atoms. The summed E-state index contributed by atoms with van der Waals surface area (Å²) >= 11 is 0. The van der Waals surface area contributed by atoms with Gasteiger partial charge in [-0.1, -0.05) is 0 Å². The third kappa shape index (κ3) is 2.21. The minimum Gasteiger partial charge on any atom is -0.388 e. The number of carbonyl (C=O) groups is 1. The Hall–Kier alpha value is -0.690. The predicted molar refractivity (Wildman–Crippen MR) is 46.2 cm³/mol. The van der Waals surface area contributed by atoms with E-state index in [0.717, 1.165) is 0 Å². The van der Waals surface area contributed by atoms with Crippen molar-refractivity contribution < 1.29 is 24.9 Å². The van der Waals surface area contributed by atoms with Crippen molar-refractivity contribution in [1.29, 1.82) is 0 Å². The summed E-state index contributed by atoms with van der Waals surface area (Å²) < 4.78 is 4.91. The molecule has 6 nitrogen and oxygen atoms in total. The van der Waals surface area contributed by atoms with Crippen molar-refractivity contribution in [2.75, 3.05) is 0 Å². The lowest BCUT2D eigenvalue weighted by atomic mass is 9.98. The van der Waals surface area contributed by atoms with Gasteiger partial charge in [-0.3, -0.25) is 4.79 Å². The molecule has 1 rings (SSSR count). The molecule has 6 heteroatoms. The summed E-state index contributed by atoms with van der Waals surface area (Å²) in [6.07, 6.45) is -4.30. The summed E-state index contributed by atoms with van der Waals surface area (Å²) in [5.41, 5.74) is 0. The molecule has 0 aliphatic carbocycles. The molecule has 1 amide bonds. The van der Waals surface area contributed by atoms with Gasteiger partial charge in [-0.25, -0.2) is 0 Å². The maximum Gasteiger partial charge on any atom is 0.217 e. The van der Waals surface area contributed by atoms with Crippen molar-refractivity contribution in [2.45, 2.75) is 44.5 Å². The highest BCUT2D eigenvalue weighted by Gasteiger charge is 2.42. The predicted octanol–water partition coefficient (Wildman–Crippen LogP) is -2.05. The van der Waals surface area contributed by atoms with Crippen LogP contribution in [0.15, 0.2) is 0 Å². The molecule has 0 aromatic carbocycles. The fraction of sp³-hybridized carbons (Fsp3) is 0.875. The SMILES string of the molecule is CC(=O)N[C@H]1[C@H](O)[C@H](O)[C@H](C)O[C@@H]1O. The Morgan fingerprint density at radius 1 is 1.29 bits per heavy atom. The summed E-state index contributed by atoms with van der Waals surface area (Å²) in [5, 5.41) is 30.6. The molecule has 1 fully saturated rings. The summed E-state index contributed by atoms with van der Waals surface area (Å²) in [7, 11) is 0. The Bertz CT molecular complexity index is 222. The second kappa shape index (κ2) is 4.22. The lowest BCUT2D eigenvalue weighted by Gasteiger charge is -2.39. The number of hydrogen-bond donors (Lipinski definition) is 4. The summed E-state index contributed by atoms with van der Waals surface area (Å²) in [6, 6.07) is -0.987. The minimum atomic E-state index is -1.30. The fourth-order valence-corrected chi connectivity index (χ4v) is 1.44. The van der Waals surface area contributed by atoms with Gasteiger partial charge in [0.15, 0.2) is 6.29 Å². The molecule has 0 unspecified atom stereocenters. The lowest BCUT2D eigenvalue weighted by Crippen LogP contribution is -2.62. The van der Waals surface area contributed by atoms with Crippen LogP contribution in [-0.2, 0) is 9.53 Å². The van der Waals surface area contributed by atoms with E-state index in [1.807, 2.05) is 0 Å². The Morgan fingerprint density at radius 2 is 1.86 bits per heavy atom. The number of aliphatic hydroxyl groups excluding tert-OH is 3. The quantitative estimate of drug-likeness (QED) is 0.395. The Kier molecular flexibility index (Phi) is 3.43. The number of nitrogens with one attached hydrogen (secondary N) is 1. The van der Waals surface area contributed by atoms with Crippen molar-refractivity contribution >= 4 is 5.91 Å². The van der Waals surface area contributed by atoms with Gasteiger partial charge < -0.3 is 25.4 Å². The molecule has 4 N–H and O–H groups in total. The van der Waals surface area contributed by atoms with E-state index >= 15 is 0 Å². The Balaban J connectivity index is 2.68. The van der Waals surface area contributed by atoms with Gasteiger partial charge in [-0.15, -0.1) is 0 Å². The van der Waals surface area contributed by atoms with E-state index in [2.05, 4.69) is 5.32 Å². The van der Waals surface area contributed by atoms with E-state index in [1.165, 1.54) is 13.8 Å². The molecule has 1 aliphatic heterocycles. The van der Waals surface area contributed by atoms with Crippen LogP contribution in [0.3, 0.4) is 0 Å². The first-order chi connectivity index (χ1) is 6.43. The molecular formula is C8H15NO5. The van der Waals surface area contributed by atoms with E-state index in [9.17, 15) is 20.1 Å². The van der Waals surface area contributed by atoms with Gasteiger partial charge in [0.2, 0.25) is 5.91 Å². The first-order valence-electron chi connectivity index (χ1n) is 4.40. The molecule has 1 heterocycles. The highest BCUT2D eigenvalue weighted by molar-refractivity contribution is 5.73. The molecule has 0 spiro atoms. The van der Waals surface area contributed by atoms with Gasteiger partial charge in [-0.05, 0) is 6.92 Å². The Labute approximate surface area is 81.5 Å². The summed E-state index contributed by atoms with van der Waals surface area (Å²) in [4.78, 5) is 10.7. The second-order valence-electron chi connectivity index (χ2n) is 3.44. The molecule has 82 valence electrons. The average molecular weight is 205 g/mol. The summed E-state index contributed by atoms with van der Waals surface area (Å²) in [6.45, 7) is 2.78. The van der Waals surface area contributed by atoms with Crippen LogP contribution in [0.2, 0.25) is 0 Å². The van der Waals surface area contributed by atoms with Crippen LogP contribution in [0.4, 0.5) is 0 Å². The van der Waals surface area contributed by atoms with Crippen molar-refractivity contribution in [3.63, 3.8) is 0 Å². The van der Waals surface area contributed by atoms with Crippen LogP contribution in [0.5, 0.6) is 0 Å². The molecule has 0 aromatic rings. The molecule has 1 saturated heterocycles. The highest BCUT2D eigenvalue weighted by Crippen LogP contribution is 2.19. The van der Waals surface area contributed by atoms with Crippen molar-refractivity contribution in [3.8, 4) is 0 Å². The second-order valence-corrected chi connectivity index (χ2v) is 3.44. The zero-order valence-corrected chi connectivity index (χ0v) is 8.04. The normalized spacial score (nSPS) is 43.4. The zero-order chi connectivity index (χ0) is 10.9. The molecule has 0 bridgehead atoms. The first-order valence-corrected chi connectivity index (χ1v) is 4.40. The van der Waals surface area contributed by atoms with Gasteiger partial charge in [-0.2, -0.15) is 0 Å². The highest BCUT2D eigenvalue weighted by atomic mass is 16.6. The van der Waals surface area contributed by atoms with Gasteiger partial charge in [0.1, 0.15) is 18.2 Å². The molecule has 1 aliphatic rings. The monoisotopic (exact) mass is 205 g/mol. The van der Waals surface area contributed by atoms with Crippen LogP contribution in [0.25, 0.3) is 0 Å². The topological polar surface area (TPSA) is 99.0 Å². The summed E-state index contributed by atoms with van der Waals surface area (Å²) in [5.74, 6) is -0.404. The number of aliphatic hydroxyl groups is 3. The fourth-order valence-electron chi connectivity index (χ4n) is 1.44. The van der Waals surface area contributed by atoms with E-state index in [-0.39, 0.29) is 0 Å². The minimum absolute atomic E-state index is 0.404. The number of hydrogen-bond acceptors (Lipinski definition) is 5. The van der Waals surface area contributed by atoms with E-state index < -0.39 is 36.6 Å². The van der Waals surface area contributed by atoms with Crippen LogP contribution >= 0.6 is 0 Å². The smallest absolute Gasteiger partial charge is 0.217 e. The van der Waals surface area contributed by atoms with Gasteiger partial charge in [0.25, 0.3) is 0 Å². The van der Waals surface area contributed by atoms with Crippen molar-refractivity contribution in [3.05, 3.63) is 0 Å². The maximum atomic E-state index is 10.7. The maximum absolute atomic E-state index is 10.7. The van der Waals surface area contributed by atoms with E-state index in [0.29, 0.717) is 0 Å². The molecular weight excluding hydrogens is 190 g/mol. The molecule has 5 atom stereocenters. The number of carbonyl (C=O) groups excluding carboxylic acids is 1. The number of amides is 1.